The first-order valence-electron chi connectivity index (χ1n) is 9.61. The van der Waals surface area contributed by atoms with Crippen LogP contribution in [0.3, 0.4) is 0 Å². The highest BCUT2D eigenvalue weighted by Crippen LogP contribution is 2.36. The Morgan fingerprint density at radius 1 is 0.889 bits per heavy atom. The summed E-state index contributed by atoms with van der Waals surface area (Å²) in [7, 11) is 0. The van der Waals surface area contributed by atoms with E-state index in [-0.39, 0.29) is 5.41 Å². The summed E-state index contributed by atoms with van der Waals surface area (Å²) < 4.78 is 1.90. The molecule has 2 unspecified atom stereocenters. The minimum Gasteiger partial charge on any atom is -0.354 e. The maximum Gasteiger partial charge on any atom is 0.154 e. The summed E-state index contributed by atoms with van der Waals surface area (Å²) in [6, 6.07) is 6.28. The predicted molar refractivity (Wildman–Crippen MR) is 105 cm³/mol. The molecule has 0 saturated carbocycles. The van der Waals surface area contributed by atoms with Crippen LogP contribution in [0.15, 0.2) is 36.8 Å². The minimum atomic E-state index is 0.0369. The standard InChI is InChI=1S/C20H25N7/c1-20(2,3)17-4-5-18(24-23-17)25-10-14-12-26(13-15(14)11-25)19-16-6-7-22-27(16)9-8-21-19/h4-9,14-15H,10-13H2,1-3H3. The van der Waals surface area contributed by atoms with Crippen molar-refractivity contribution >= 4 is 17.2 Å². The van der Waals surface area contributed by atoms with E-state index in [9.17, 15) is 0 Å². The van der Waals surface area contributed by atoms with Crippen LogP contribution in [0.4, 0.5) is 11.6 Å². The summed E-state index contributed by atoms with van der Waals surface area (Å²) in [6.45, 7) is 10.6. The molecule has 5 rings (SSSR count). The van der Waals surface area contributed by atoms with E-state index in [1.165, 1.54) is 0 Å². The van der Waals surface area contributed by atoms with Crippen LogP contribution in [-0.4, -0.2) is 51.0 Å². The van der Waals surface area contributed by atoms with E-state index in [1.807, 2.05) is 29.2 Å². The second-order valence-electron chi connectivity index (χ2n) is 8.77. The zero-order valence-corrected chi connectivity index (χ0v) is 16.1. The molecular formula is C20H25N7. The van der Waals surface area contributed by atoms with Crippen LogP contribution >= 0.6 is 0 Å². The second kappa shape index (κ2) is 5.90. The van der Waals surface area contributed by atoms with Crippen LogP contribution < -0.4 is 9.80 Å². The summed E-state index contributed by atoms with van der Waals surface area (Å²) in [4.78, 5) is 9.43. The lowest BCUT2D eigenvalue weighted by molar-refractivity contribution is 0.533. The summed E-state index contributed by atoms with van der Waals surface area (Å²) in [5.74, 6) is 3.32. The van der Waals surface area contributed by atoms with Crippen LogP contribution in [0.1, 0.15) is 26.5 Å². The largest absolute Gasteiger partial charge is 0.354 e. The number of anilines is 2. The molecule has 7 nitrogen and oxygen atoms in total. The van der Waals surface area contributed by atoms with Crippen molar-refractivity contribution in [1.82, 2.24) is 24.8 Å². The molecule has 2 saturated heterocycles. The van der Waals surface area contributed by atoms with Crippen LogP contribution in [0, 0.1) is 11.8 Å². The molecule has 0 bridgehead atoms. The van der Waals surface area contributed by atoms with Gasteiger partial charge >= 0.3 is 0 Å². The second-order valence-corrected chi connectivity index (χ2v) is 8.77. The third-order valence-corrected chi connectivity index (χ3v) is 5.83. The number of fused-ring (bicyclic) bond motifs is 2. The lowest BCUT2D eigenvalue weighted by Gasteiger charge is -2.24. The summed E-state index contributed by atoms with van der Waals surface area (Å²) in [5.41, 5.74) is 2.16. The molecule has 0 spiro atoms. The van der Waals surface area contributed by atoms with Gasteiger partial charge < -0.3 is 9.80 Å². The fraction of sp³-hybridized carbons (Fsp3) is 0.500. The number of rotatable bonds is 2. The van der Waals surface area contributed by atoms with E-state index in [4.69, 9.17) is 0 Å². The van der Waals surface area contributed by atoms with E-state index < -0.39 is 0 Å². The lowest BCUT2D eigenvalue weighted by atomic mass is 9.92. The van der Waals surface area contributed by atoms with E-state index in [1.54, 1.807) is 0 Å². The van der Waals surface area contributed by atoms with Crippen molar-refractivity contribution in [2.75, 3.05) is 36.0 Å². The maximum absolute atomic E-state index is 4.63. The number of nitrogens with zero attached hydrogens (tertiary/aromatic N) is 7. The molecule has 0 radical (unpaired) electrons. The summed E-state index contributed by atoms with van der Waals surface area (Å²) in [5, 5.41) is 13.3. The van der Waals surface area contributed by atoms with Gasteiger partial charge in [-0.1, -0.05) is 20.8 Å². The van der Waals surface area contributed by atoms with Crippen molar-refractivity contribution in [2.24, 2.45) is 11.8 Å². The molecule has 0 aromatic carbocycles. The van der Waals surface area contributed by atoms with Gasteiger partial charge in [-0.2, -0.15) is 10.2 Å². The molecule has 0 N–H and O–H groups in total. The first-order valence-corrected chi connectivity index (χ1v) is 9.61. The molecular weight excluding hydrogens is 338 g/mol. The fourth-order valence-corrected chi connectivity index (χ4v) is 4.33. The Morgan fingerprint density at radius 3 is 2.30 bits per heavy atom. The highest BCUT2D eigenvalue weighted by atomic mass is 15.3. The molecule has 2 fully saturated rings. The highest BCUT2D eigenvalue weighted by molar-refractivity contribution is 5.68. The Labute approximate surface area is 159 Å². The summed E-state index contributed by atoms with van der Waals surface area (Å²) in [6.07, 6.45) is 5.57. The van der Waals surface area contributed by atoms with E-state index in [0.717, 1.165) is 49.0 Å². The Balaban J connectivity index is 1.30. The molecule has 5 heterocycles. The average Bonchev–Trinajstić information content (AvgIpc) is 3.35. The summed E-state index contributed by atoms with van der Waals surface area (Å²) >= 11 is 0. The Bertz CT molecular complexity index is 942. The van der Waals surface area contributed by atoms with Gasteiger partial charge in [0.25, 0.3) is 0 Å². The van der Waals surface area contributed by atoms with Gasteiger partial charge in [0.05, 0.1) is 11.9 Å². The first-order chi connectivity index (χ1) is 13.0. The monoisotopic (exact) mass is 363 g/mol. The van der Waals surface area contributed by atoms with Gasteiger partial charge in [-0.15, -0.1) is 5.10 Å². The predicted octanol–water partition coefficient (Wildman–Crippen LogP) is 2.39. The third kappa shape index (κ3) is 2.81. The number of hydrogen-bond acceptors (Lipinski definition) is 6. The molecule has 3 aromatic rings. The van der Waals surface area contributed by atoms with Gasteiger partial charge in [0.2, 0.25) is 0 Å². The van der Waals surface area contributed by atoms with Gasteiger partial charge in [0.1, 0.15) is 5.52 Å². The number of aromatic nitrogens is 5. The fourth-order valence-electron chi connectivity index (χ4n) is 4.33. The third-order valence-electron chi connectivity index (χ3n) is 5.83. The topological polar surface area (TPSA) is 62.5 Å². The minimum absolute atomic E-state index is 0.0369. The lowest BCUT2D eigenvalue weighted by Crippen LogP contribution is -2.30. The van der Waals surface area contributed by atoms with Crippen molar-refractivity contribution in [3.63, 3.8) is 0 Å². The molecule has 2 aliphatic rings. The van der Waals surface area contributed by atoms with Crippen LogP contribution in [0.2, 0.25) is 0 Å². The smallest absolute Gasteiger partial charge is 0.154 e. The Kier molecular flexibility index (Phi) is 3.60. The highest BCUT2D eigenvalue weighted by Gasteiger charge is 2.41. The van der Waals surface area contributed by atoms with E-state index >= 15 is 0 Å². The molecule has 3 aromatic heterocycles. The van der Waals surface area contributed by atoms with Crippen molar-refractivity contribution in [2.45, 2.75) is 26.2 Å². The zero-order valence-electron chi connectivity index (χ0n) is 16.1. The van der Waals surface area contributed by atoms with Crippen molar-refractivity contribution in [1.29, 1.82) is 0 Å². The maximum atomic E-state index is 4.63. The molecule has 2 atom stereocenters. The van der Waals surface area contributed by atoms with Gasteiger partial charge in [-0.3, -0.25) is 0 Å². The van der Waals surface area contributed by atoms with Crippen LogP contribution in [0.25, 0.3) is 5.52 Å². The van der Waals surface area contributed by atoms with E-state index in [0.29, 0.717) is 11.8 Å². The Morgan fingerprint density at radius 2 is 1.63 bits per heavy atom. The van der Waals surface area contributed by atoms with Crippen LogP contribution in [-0.2, 0) is 5.41 Å². The normalized spacial score (nSPS) is 22.6. The number of hydrogen-bond donors (Lipinski definition) is 0. The van der Waals surface area contributed by atoms with Crippen molar-refractivity contribution < 1.29 is 0 Å². The molecule has 2 aliphatic heterocycles. The molecule has 27 heavy (non-hydrogen) atoms. The van der Waals surface area contributed by atoms with Crippen molar-refractivity contribution in [3.8, 4) is 0 Å². The average molecular weight is 363 g/mol. The van der Waals surface area contributed by atoms with Gasteiger partial charge in [0.15, 0.2) is 11.6 Å². The van der Waals surface area contributed by atoms with E-state index in [2.05, 4.69) is 63.0 Å². The van der Waals surface area contributed by atoms with Gasteiger partial charge in [0, 0.05) is 55.8 Å². The molecule has 140 valence electrons. The molecule has 0 aliphatic carbocycles. The van der Waals surface area contributed by atoms with Crippen LogP contribution in [0.5, 0.6) is 0 Å². The first kappa shape index (κ1) is 16.5. The quantitative estimate of drug-likeness (QED) is 0.697. The molecule has 7 heteroatoms. The Hall–Kier alpha value is -2.70. The van der Waals surface area contributed by atoms with Crippen molar-refractivity contribution in [3.05, 3.63) is 42.5 Å². The van der Waals surface area contributed by atoms with Gasteiger partial charge in [-0.25, -0.2) is 9.50 Å². The van der Waals surface area contributed by atoms with Gasteiger partial charge in [-0.05, 0) is 18.2 Å². The SMILES string of the molecule is CC(C)(C)c1ccc(N2CC3CN(c4nccn5nccc45)CC3C2)nn1. The molecule has 0 amide bonds. The zero-order chi connectivity index (χ0) is 18.6.